The second-order valence-corrected chi connectivity index (χ2v) is 7.05. The number of carbonyl (C=O) groups is 2. The highest BCUT2D eigenvalue weighted by Gasteiger charge is 2.36. The zero-order chi connectivity index (χ0) is 18.5. The Kier molecular flexibility index (Phi) is 6.14. The number of ether oxygens (including phenoxy) is 1. The zero-order valence-corrected chi connectivity index (χ0v) is 15.4. The Morgan fingerprint density at radius 1 is 1.15 bits per heavy atom. The van der Waals surface area contributed by atoms with Crippen molar-refractivity contribution in [2.24, 2.45) is 5.92 Å². The number of carbonyl (C=O) groups excluding carboxylic acids is 1. The minimum atomic E-state index is -0.874. The van der Waals surface area contributed by atoms with Crippen molar-refractivity contribution in [3.8, 4) is 5.75 Å². The van der Waals surface area contributed by atoms with Crippen LogP contribution in [0.15, 0.2) is 24.3 Å². The highest BCUT2D eigenvalue weighted by Crippen LogP contribution is 2.33. The monoisotopic (exact) mass is 360 g/mol. The van der Waals surface area contributed by atoms with Gasteiger partial charge in [0.15, 0.2) is 0 Å². The third-order valence-electron chi connectivity index (χ3n) is 5.41. The van der Waals surface area contributed by atoms with Crippen LogP contribution in [0.1, 0.15) is 44.2 Å². The Balaban J connectivity index is 1.69. The molecule has 2 aliphatic rings. The predicted octanol–water partition coefficient (Wildman–Crippen LogP) is 2.55. The van der Waals surface area contributed by atoms with E-state index in [2.05, 4.69) is 0 Å². The summed E-state index contributed by atoms with van der Waals surface area (Å²) in [7, 11) is 0. The lowest BCUT2D eigenvalue weighted by Gasteiger charge is -2.36. The molecule has 1 amide bonds. The first-order valence-electron chi connectivity index (χ1n) is 9.59. The number of benzene rings is 1. The smallest absolute Gasteiger partial charge is 0.325 e. The van der Waals surface area contributed by atoms with Crippen LogP contribution in [-0.4, -0.2) is 59.6 Å². The molecule has 0 spiro atoms. The lowest BCUT2D eigenvalue weighted by Crippen LogP contribution is -2.44. The molecule has 1 aromatic rings. The summed E-state index contributed by atoms with van der Waals surface area (Å²) >= 11 is 0. The summed E-state index contributed by atoms with van der Waals surface area (Å²) in [6, 6.07) is 6.61. The third-order valence-corrected chi connectivity index (χ3v) is 5.41. The molecular formula is C20H28N2O4. The van der Waals surface area contributed by atoms with E-state index in [1.54, 1.807) is 0 Å². The van der Waals surface area contributed by atoms with Crippen LogP contribution in [0.2, 0.25) is 0 Å². The first kappa shape index (κ1) is 18.7. The molecular weight excluding hydrogens is 332 g/mol. The number of rotatable bonds is 6. The summed E-state index contributed by atoms with van der Waals surface area (Å²) in [5.74, 6) is 0.0313. The maximum atomic E-state index is 12.6. The van der Waals surface area contributed by atoms with E-state index in [0.717, 1.165) is 38.8 Å². The van der Waals surface area contributed by atoms with Crippen molar-refractivity contribution >= 4 is 11.9 Å². The molecule has 6 heteroatoms. The van der Waals surface area contributed by atoms with Gasteiger partial charge in [0, 0.05) is 37.7 Å². The van der Waals surface area contributed by atoms with E-state index >= 15 is 0 Å². The van der Waals surface area contributed by atoms with Crippen LogP contribution >= 0.6 is 0 Å². The van der Waals surface area contributed by atoms with E-state index in [-0.39, 0.29) is 11.8 Å². The van der Waals surface area contributed by atoms with Crippen molar-refractivity contribution in [3.63, 3.8) is 0 Å². The van der Waals surface area contributed by atoms with Crippen molar-refractivity contribution in [1.29, 1.82) is 0 Å². The molecule has 1 atom stereocenters. The SMILES string of the molecule is CCOc1ccccc1[C@H](C(=O)O)N1CCC(C(=O)N2CCCC2)CC1. The quantitative estimate of drug-likeness (QED) is 0.844. The molecule has 0 unspecified atom stereocenters. The Morgan fingerprint density at radius 2 is 1.81 bits per heavy atom. The minimum absolute atomic E-state index is 0.0286. The Hall–Kier alpha value is -2.08. The average molecular weight is 360 g/mol. The van der Waals surface area contributed by atoms with Crippen LogP contribution in [0.25, 0.3) is 0 Å². The number of carboxylic acid groups (broad SMARTS) is 1. The highest BCUT2D eigenvalue weighted by atomic mass is 16.5. The van der Waals surface area contributed by atoms with Crippen LogP contribution in [-0.2, 0) is 9.59 Å². The van der Waals surface area contributed by atoms with Crippen LogP contribution in [0.3, 0.4) is 0 Å². The molecule has 1 N–H and O–H groups in total. The number of carboxylic acids is 1. The van der Waals surface area contributed by atoms with Gasteiger partial charge in [-0.25, -0.2) is 0 Å². The van der Waals surface area contributed by atoms with Gasteiger partial charge in [0.05, 0.1) is 6.61 Å². The largest absolute Gasteiger partial charge is 0.494 e. The van der Waals surface area contributed by atoms with E-state index in [0.29, 0.717) is 31.0 Å². The van der Waals surface area contributed by atoms with Gasteiger partial charge in [0.1, 0.15) is 11.8 Å². The second kappa shape index (κ2) is 8.54. The summed E-state index contributed by atoms with van der Waals surface area (Å²) in [5, 5.41) is 9.85. The molecule has 6 nitrogen and oxygen atoms in total. The van der Waals surface area contributed by atoms with E-state index in [1.165, 1.54) is 0 Å². The number of amides is 1. The second-order valence-electron chi connectivity index (χ2n) is 7.05. The van der Waals surface area contributed by atoms with Gasteiger partial charge in [-0.15, -0.1) is 0 Å². The molecule has 26 heavy (non-hydrogen) atoms. The van der Waals surface area contributed by atoms with Gasteiger partial charge in [-0.1, -0.05) is 18.2 Å². The number of nitrogens with zero attached hydrogens (tertiary/aromatic N) is 2. The molecule has 2 aliphatic heterocycles. The van der Waals surface area contributed by atoms with Gasteiger partial charge in [-0.2, -0.15) is 0 Å². The Labute approximate surface area is 154 Å². The zero-order valence-electron chi connectivity index (χ0n) is 15.4. The summed E-state index contributed by atoms with van der Waals surface area (Å²) in [6.45, 7) is 5.36. The molecule has 0 aliphatic carbocycles. The lowest BCUT2D eigenvalue weighted by atomic mass is 9.92. The summed E-state index contributed by atoms with van der Waals surface area (Å²) in [4.78, 5) is 28.5. The van der Waals surface area contributed by atoms with Gasteiger partial charge in [0.25, 0.3) is 0 Å². The fraction of sp³-hybridized carbons (Fsp3) is 0.600. The number of hydrogen-bond acceptors (Lipinski definition) is 4. The van der Waals surface area contributed by atoms with Crippen LogP contribution in [0, 0.1) is 5.92 Å². The molecule has 142 valence electrons. The van der Waals surface area contributed by atoms with Crippen molar-refractivity contribution in [3.05, 3.63) is 29.8 Å². The first-order valence-corrected chi connectivity index (χ1v) is 9.59. The summed E-state index contributed by atoms with van der Waals surface area (Å²) < 4.78 is 5.64. The summed E-state index contributed by atoms with van der Waals surface area (Å²) in [5.41, 5.74) is 0.686. The lowest BCUT2D eigenvalue weighted by molar-refractivity contribution is -0.145. The van der Waals surface area contributed by atoms with Gasteiger partial charge in [-0.3, -0.25) is 14.5 Å². The number of aliphatic carboxylic acids is 1. The maximum absolute atomic E-state index is 12.6. The Morgan fingerprint density at radius 3 is 2.42 bits per heavy atom. The van der Waals surface area contributed by atoms with Gasteiger partial charge in [-0.05, 0) is 38.7 Å². The first-order chi connectivity index (χ1) is 12.6. The van der Waals surface area contributed by atoms with Crippen LogP contribution in [0.4, 0.5) is 0 Å². The normalized spacial score (nSPS) is 20.1. The number of para-hydroxylation sites is 1. The third kappa shape index (κ3) is 4.01. The molecule has 1 aromatic carbocycles. The molecule has 0 aromatic heterocycles. The maximum Gasteiger partial charge on any atom is 0.325 e. The average Bonchev–Trinajstić information content (AvgIpc) is 3.18. The topological polar surface area (TPSA) is 70.1 Å². The van der Waals surface area contributed by atoms with Crippen LogP contribution < -0.4 is 4.74 Å². The molecule has 0 radical (unpaired) electrons. The molecule has 0 saturated carbocycles. The van der Waals surface area contributed by atoms with Crippen molar-refractivity contribution in [2.75, 3.05) is 32.8 Å². The number of likely N-dealkylation sites (tertiary alicyclic amines) is 2. The minimum Gasteiger partial charge on any atom is -0.494 e. The van der Waals surface area contributed by atoms with Gasteiger partial charge in [0.2, 0.25) is 5.91 Å². The Bertz CT molecular complexity index is 634. The van der Waals surface area contributed by atoms with E-state index in [9.17, 15) is 14.7 Å². The molecule has 2 fully saturated rings. The molecule has 2 heterocycles. The summed E-state index contributed by atoms with van der Waals surface area (Å²) in [6.07, 6.45) is 3.63. The van der Waals surface area contributed by atoms with Crippen molar-refractivity contribution in [2.45, 2.75) is 38.6 Å². The van der Waals surface area contributed by atoms with Gasteiger partial charge < -0.3 is 14.7 Å². The standard InChI is InChI=1S/C20H28N2O4/c1-2-26-17-8-4-3-7-16(17)18(20(24)25)21-13-9-15(10-14-21)19(23)22-11-5-6-12-22/h3-4,7-8,15,18H,2,5-6,9-14H2,1H3,(H,24,25)/t18-/m1/s1. The molecule has 2 saturated heterocycles. The number of piperidine rings is 1. The van der Waals surface area contributed by atoms with Gasteiger partial charge >= 0.3 is 5.97 Å². The van der Waals surface area contributed by atoms with Crippen molar-refractivity contribution < 1.29 is 19.4 Å². The predicted molar refractivity (Wildman–Crippen MR) is 98.1 cm³/mol. The molecule has 3 rings (SSSR count). The van der Waals surface area contributed by atoms with Crippen molar-refractivity contribution in [1.82, 2.24) is 9.80 Å². The fourth-order valence-electron chi connectivity index (χ4n) is 4.08. The molecule has 0 bridgehead atoms. The van der Waals surface area contributed by atoms with E-state index in [1.807, 2.05) is 41.0 Å². The number of hydrogen-bond donors (Lipinski definition) is 1. The van der Waals surface area contributed by atoms with E-state index in [4.69, 9.17) is 4.74 Å². The van der Waals surface area contributed by atoms with E-state index < -0.39 is 12.0 Å². The fourth-order valence-corrected chi connectivity index (χ4v) is 4.08. The highest BCUT2D eigenvalue weighted by molar-refractivity contribution is 5.79. The van der Waals surface area contributed by atoms with Crippen LogP contribution in [0.5, 0.6) is 5.75 Å².